The molecule has 0 spiro atoms. The first-order valence-corrected chi connectivity index (χ1v) is 7.61. The van der Waals surface area contributed by atoms with E-state index in [1.807, 2.05) is 42.5 Å². The third kappa shape index (κ3) is 5.13. The molecule has 4 nitrogen and oxygen atoms in total. The van der Waals surface area contributed by atoms with Crippen molar-refractivity contribution >= 4 is 23.0 Å². The molecule has 0 atom stereocenters. The van der Waals surface area contributed by atoms with Gasteiger partial charge in [-0.3, -0.25) is 4.99 Å². The fourth-order valence-electron chi connectivity index (χ4n) is 2.05. The van der Waals surface area contributed by atoms with Gasteiger partial charge >= 0.3 is 0 Å². The van der Waals surface area contributed by atoms with E-state index in [0.717, 1.165) is 17.0 Å². The number of rotatable bonds is 6. The number of halogens is 1. The lowest BCUT2D eigenvalue weighted by Crippen LogP contribution is -2.13. The first-order valence-electron chi connectivity index (χ1n) is 7.23. The number of para-hydroxylation sites is 1. The van der Waals surface area contributed by atoms with E-state index in [9.17, 15) is 0 Å². The zero-order chi connectivity index (χ0) is 16.7. The van der Waals surface area contributed by atoms with Crippen LogP contribution in [-0.2, 0) is 6.42 Å². The second kappa shape index (κ2) is 8.36. The number of nitrogens with two attached hydrogens (primary N) is 2. The van der Waals surface area contributed by atoms with E-state index in [4.69, 9.17) is 27.8 Å². The Morgan fingerprint density at radius 1 is 1.17 bits per heavy atom. The van der Waals surface area contributed by atoms with Crippen molar-refractivity contribution in [2.75, 3.05) is 13.7 Å². The van der Waals surface area contributed by atoms with Crippen molar-refractivity contribution in [3.05, 3.63) is 70.9 Å². The van der Waals surface area contributed by atoms with Gasteiger partial charge in [-0.25, -0.2) is 0 Å². The molecule has 0 aliphatic carbocycles. The molecule has 0 aliphatic heterocycles. The molecule has 0 aliphatic rings. The average molecular weight is 330 g/mol. The summed E-state index contributed by atoms with van der Waals surface area (Å²) in [5, 5.41) is 0.597. The highest BCUT2D eigenvalue weighted by molar-refractivity contribution is 6.33. The normalized spacial score (nSPS) is 12.3. The molecule has 0 bridgehead atoms. The summed E-state index contributed by atoms with van der Waals surface area (Å²) >= 11 is 6.18. The molecule has 0 saturated carbocycles. The minimum absolute atomic E-state index is 0.282. The van der Waals surface area contributed by atoms with E-state index in [0.29, 0.717) is 22.8 Å². The number of aliphatic imine (C=N–C) groups is 1. The Bertz CT molecular complexity index is 708. The number of allylic oxidation sites excluding steroid dienone is 1. The van der Waals surface area contributed by atoms with Crippen molar-refractivity contribution in [1.82, 2.24) is 0 Å². The maximum Gasteiger partial charge on any atom is 0.118 e. The van der Waals surface area contributed by atoms with E-state index in [-0.39, 0.29) is 6.54 Å². The van der Waals surface area contributed by atoms with Crippen LogP contribution in [0.3, 0.4) is 0 Å². The van der Waals surface area contributed by atoms with Gasteiger partial charge in [0.15, 0.2) is 0 Å². The standard InChI is InChI=1S/C18H20ClN3O/c1-23-16-8-6-13(7-9-16)10-15(11-14(21)12-20)22-18-5-3-2-4-17(18)19/h2-9,11H,10,12,20-21H2,1H3. The van der Waals surface area contributed by atoms with Gasteiger partial charge in [-0.1, -0.05) is 35.9 Å². The van der Waals surface area contributed by atoms with Crippen LogP contribution in [0.25, 0.3) is 0 Å². The molecule has 0 unspecified atom stereocenters. The van der Waals surface area contributed by atoms with Gasteiger partial charge in [-0.05, 0) is 35.9 Å². The fourth-order valence-corrected chi connectivity index (χ4v) is 2.22. The zero-order valence-corrected chi connectivity index (χ0v) is 13.8. The van der Waals surface area contributed by atoms with Crippen molar-refractivity contribution in [2.45, 2.75) is 6.42 Å². The lowest BCUT2D eigenvalue weighted by molar-refractivity contribution is 0.414. The Balaban J connectivity index is 2.32. The average Bonchev–Trinajstić information content (AvgIpc) is 2.57. The quantitative estimate of drug-likeness (QED) is 0.797. The first kappa shape index (κ1) is 17.1. The van der Waals surface area contributed by atoms with Crippen LogP contribution >= 0.6 is 11.6 Å². The minimum atomic E-state index is 0.282. The Hall–Kier alpha value is -2.30. The van der Waals surface area contributed by atoms with Gasteiger partial charge in [0.2, 0.25) is 0 Å². The minimum Gasteiger partial charge on any atom is -0.497 e. The van der Waals surface area contributed by atoms with E-state index in [2.05, 4.69) is 4.99 Å². The molecule has 5 heteroatoms. The third-order valence-corrected chi connectivity index (χ3v) is 3.57. The van der Waals surface area contributed by atoms with Gasteiger partial charge in [-0.2, -0.15) is 0 Å². The summed E-state index contributed by atoms with van der Waals surface area (Å²) in [7, 11) is 1.64. The van der Waals surface area contributed by atoms with Crippen molar-refractivity contribution < 1.29 is 4.74 Å². The summed E-state index contributed by atoms with van der Waals surface area (Å²) in [5.41, 5.74) is 14.6. The predicted octanol–water partition coefficient (Wildman–Crippen LogP) is 3.47. The van der Waals surface area contributed by atoms with Crippen molar-refractivity contribution in [2.24, 2.45) is 16.5 Å². The predicted molar refractivity (Wildman–Crippen MR) is 96.6 cm³/mol. The molecular weight excluding hydrogens is 310 g/mol. The number of benzene rings is 2. The van der Waals surface area contributed by atoms with E-state index in [1.54, 1.807) is 19.3 Å². The van der Waals surface area contributed by atoms with Crippen molar-refractivity contribution in [3.63, 3.8) is 0 Å². The first-order chi connectivity index (χ1) is 11.1. The molecular formula is C18H20ClN3O. The van der Waals surface area contributed by atoms with Gasteiger partial charge in [0, 0.05) is 24.4 Å². The Labute approximate surface area is 141 Å². The summed E-state index contributed by atoms with van der Waals surface area (Å²) in [6, 6.07) is 15.3. The number of ether oxygens (including phenoxy) is 1. The van der Waals surface area contributed by atoms with Gasteiger partial charge < -0.3 is 16.2 Å². The maximum atomic E-state index is 6.18. The summed E-state index contributed by atoms with van der Waals surface area (Å²) in [6.45, 7) is 0.282. The molecule has 23 heavy (non-hydrogen) atoms. The Morgan fingerprint density at radius 2 is 1.87 bits per heavy atom. The highest BCUT2D eigenvalue weighted by atomic mass is 35.5. The monoisotopic (exact) mass is 329 g/mol. The lowest BCUT2D eigenvalue weighted by atomic mass is 10.1. The second-order valence-electron chi connectivity index (χ2n) is 5.00. The van der Waals surface area contributed by atoms with Gasteiger partial charge in [0.05, 0.1) is 17.8 Å². The van der Waals surface area contributed by atoms with Crippen LogP contribution in [0.5, 0.6) is 5.75 Å². The largest absolute Gasteiger partial charge is 0.497 e. The Morgan fingerprint density at radius 3 is 2.48 bits per heavy atom. The number of hydrogen-bond acceptors (Lipinski definition) is 4. The lowest BCUT2D eigenvalue weighted by Gasteiger charge is -2.07. The van der Waals surface area contributed by atoms with Gasteiger partial charge in [0.25, 0.3) is 0 Å². The summed E-state index contributed by atoms with van der Waals surface area (Å²) in [6.07, 6.45) is 2.42. The summed E-state index contributed by atoms with van der Waals surface area (Å²) in [4.78, 5) is 4.63. The van der Waals surface area contributed by atoms with Crippen LogP contribution in [0.1, 0.15) is 5.56 Å². The SMILES string of the molecule is COc1ccc(CC(C=C(N)CN)=Nc2ccccc2Cl)cc1. The topological polar surface area (TPSA) is 73.6 Å². The second-order valence-corrected chi connectivity index (χ2v) is 5.41. The van der Waals surface area contributed by atoms with Crippen molar-refractivity contribution in [3.8, 4) is 5.75 Å². The molecule has 0 aromatic heterocycles. The zero-order valence-electron chi connectivity index (χ0n) is 13.0. The summed E-state index contributed by atoms with van der Waals surface area (Å²) < 4.78 is 5.17. The molecule has 0 amide bonds. The molecule has 0 radical (unpaired) electrons. The molecule has 2 aromatic carbocycles. The molecule has 120 valence electrons. The number of nitrogens with zero attached hydrogens (tertiary/aromatic N) is 1. The molecule has 0 saturated heterocycles. The van der Waals surface area contributed by atoms with E-state index in [1.165, 1.54) is 0 Å². The highest BCUT2D eigenvalue weighted by Crippen LogP contribution is 2.24. The number of hydrogen-bond donors (Lipinski definition) is 2. The molecule has 0 fully saturated rings. The van der Waals surface area contributed by atoms with Crippen molar-refractivity contribution in [1.29, 1.82) is 0 Å². The maximum absolute atomic E-state index is 6.18. The van der Waals surface area contributed by atoms with Crippen LogP contribution in [-0.4, -0.2) is 19.4 Å². The highest BCUT2D eigenvalue weighted by Gasteiger charge is 2.04. The third-order valence-electron chi connectivity index (χ3n) is 3.25. The van der Waals surface area contributed by atoms with Crippen LogP contribution in [0.4, 0.5) is 5.69 Å². The van der Waals surface area contributed by atoms with E-state index >= 15 is 0 Å². The van der Waals surface area contributed by atoms with Crippen LogP contribution in [0.2, 0.25) is 5.02 Å². The van der Waals surface area contributed by atoms with E-state index < -0.39 is 0 Å². The van der Waals surface area contributed by atoms with Crippen LogP contribution < -0.4 is 16.2 Å². The smallest absolute Gasteiger partial charge is 0.118 e. The molecule has 0 heterocycles. The van der Waals surface area contributed by atoms with Gasteiger partial charge in [0.1, 0.15) is 5.75 Å². The fraction of sp³-hybridized carbons (Fsp3) is 0.167. The van der Waals surface area contributed by atoms with Crippen LogP contribution in [0, 0.1) is 0 Å². The Kier molecular flexibility index (Phi) is 6.20. The van der Waals surface area contributed by atoms with Crippen LogP contribution in [0.15, 0.2) is 65.3 Å². The number of methoxy groups -OCH3 is 1. The molecule has 4 N–H and O–H groups in total. The molecule has 2 aromatic rings. The molecule has 2 rings (SSSR count). The summed E-state index contributed by atoms with van der Waals surface area (Å²) in [5.74, 6) is 0.815. The van der Waals surface area contributed by atoms with Gasteiger partial charge in [-0.15, -0.1) is 0 Å².